The lowest BCUT2D eigenvalue weighted by Crippen LogP contribution is -2.39. The predicted molar refractivity (Wildman–Crippen MR) is 108 cm³/mol. The summed E-state index contributed by atoms with van der Waals surface area (Å²) < 4.78 is 12.7. The van der Waals surface area contributed by atoms with Crippen molar-refractivity contribution >= 4 is 16.9 Å². The van der Waals surface area contributed by atoms with E-state index in [1.807, 2.05) is 18.2 Å². The third-order valence-corrected chi connectivity index (χ3v) is 6.03. The van der Waals surface area contributed by atoms with Crippen molar-refractivity contribution in [3.05, 3.63) is 32.2 Å². The van der Waals surface area contributed by atoms with Crippen molar-refractivity contribution in [1.29, 1.82) is 0 Å². The van der Waals surface area contributed by atoms with Gasteiger partial charge in [0, 0.05) is 31.6 Å². The van der Waals surface area contributed by atoms with Gasteiger partial charge >= 0.3 is 5.69 Å². The number of aromatic nitrogens is 5. The summed E-state index contributed by atoms with van der Waals surface area (Å²) in [5.41, 5.74) is 2.44. The Balaban J connectivity index is 1.94. The lowest BCUT2D eigenvalue weighted by atomic mass is 10.2. The average Bonchev–Trinajstić information content (AvgIpc) is 3.37. The molecule has 152 valence electrons. The van der Waals surface area contributed by atoms with E-state index in [9.17, 15) is 9.59 Å². The maximum absolute atomic E-state index is 13.2. The van der Waals surface area contributed by atoms with Gasteiger partial charge in [-0.05, 0) is 33.1 Å². The Morgan fingerprint density at radius 1 is 1.14 bits per heavy atom. The van der Waals surface area contributed by atoms with Gasteiger partial charge in [-0.25, -0.2) is 4.79 Å². The second-order valence-corrected chi connectivity index (χ2v) is 7.84. The highest BCUT2D eigenvalue weighted by Gasteiger charge is 2.25. The van der Waals surface area contributed by atoms with Crippen LogP contribution < -0.4 is 11.2 Å². The number of rotatable bonds is 6. The van der Waals surface area contributed by atoms with Crippen LogP contribution in [-0.4, -0.2) is 35.8 Å². The molecule has 4 rings (SSSR count). The fourth-order valence-corrected chi connectivity index (χ4v) is 4.24. The minimum absolute atomic E-state index is 0.170. The topological polar surface area (TPSA) is 75.5 Å². The van der Waals surface area contributed by atoms with Gasteiger partial charge in [0.15, 0.2) is 11.2 Å². The van der Waals surface area contributed by atoms with Gasteiger partial charge in [0.05, 0.1) is 12.6 Å². The largest absolute Gasteiger partial charge is 0.376 e. The number of ether oxygens (including phenoxy) is 1. The molecule has 28 heavy (non-hydrogen) atoms. The standard InChI is InChI=1S/C20H29N5O3/c1-5-6-7-10-23-18(26)16-17(22(4)20(23)27)21-19-24(12-15-9-8-11-28-15)13(2)14(3)25(16)19/h15H,5-12H2,1-4H3/t15-/m1/s1. The zero-order valence-electron chi connectivity index (χ0n) is 17.2. The summed E-state index contributed by atoms with van der Waals surface area (Å²) in [7, 11) is 1.69. The van der Waals surface area contributed by atoms with Crippen molar-refractivity contribution in [2.45, 2.75) is 72.1 Å². The summed E-state index contributed by atoms with van der Waals surface area (Å²) in [5.74, 6) is 0.707. The number of imidazole rings is 2. The van der Waals surface area contributed by atoms with Crippen molar-refractivity contribution in [3.63, 3.8) is 0 Å². The Kier molecular flexibility index (Phi) is 4.91. The van der Waals surface area contributed by atoms with Crippen LogP contribution in [0.1, 0.15) is 50.4 Å². The molecular formula is C20H29N5O3. The quantitative estimate of drug-likeness (QED) is 0.607. The van der Waals surface area contributed by atoms with Crippen molar-refractivity contribution in [2.24, 2.45) is 7.05 Å². The first-order valence-electron chi connectivity index (χ1n) is 10.2. The highest BCUT2D eigenvalue weighted by Crippen LogP contribution is 2.23. The fourth-order valence-electron chi connectivity index (χ4n) is 4.24. The zero-order chi connectivity index (χ0) is 20.0. The Morgan fingerprint density at radius 2 is 1.93 bits per heavy atom. The number of nitrogens with zero attached hydrogens (tertiary/aromatic N) is 5. The normalized spacial score (nSPS) is 17.4. The van der Waals surface area contributed by atoms with Crippen LogP contribution in [0.3, 0.4) is 0 Å². The molecular weight excluding hydrogens is 358 g/mol. The second kappa shape index (κ2) is 7.24. The number of unbranched alkanes of at least 4 members (excludes halogenated alkanes) is 2. The van der Waals surface area contributed by atoms with Crippen LogP contribution in [0.25, 0.3) is 16.9 Å². The highest BCUT2D eigenvalue weighted by atomic mass is 16.5. The van der Waals surface area contributed by atoms with E-state index in [4.69, 9.17) is 9.72 Å². The molecule has 0 N–H and O–H groups in total. The van der Waals surface area contributed by atoms with Gasteiger partial charge in [0.2, 0.25) is 5.78 Å². The molecule has 0 amide bonds. The smallest absolute Gasteiger partial charge is 0.332 e. The van der Waals surface area contributed by atoms with Crippen LogP contribution in [0.15, 0.2) is 9.59 Å². The number of fused-ring (bicyclic) bond motifs is 3. The van der Waals surface area contributed by atoms with E-state index < -0.39 is 0 Å². The third-order valence-electron chi connectivity index (χ3n) is 6.03. The van der Waals surface area contributed by atoms with E-state index in [1.165, 1.54) is 9.13 Å². The molecule has 0 aliphatic carbocycles. The van der Waals surface area contributed by atoms with Crippen molar-refractivity contribution in [1.82, 2.24) is 23.1 Å². The molecule has 0 bridgehead atoms. The van der Waals surface area contributed by atoms with Crippen molar-refractivity contribution < 1.29 is 4.74 Å². The van der Waals surface area contributed by atoms with Gasteiger partial charge in [-0.2, -0.15) is 4.98 Å². The van der Waals surface area contributed by atoms with E-state index in [-0.39, 0.29) is 17.4 Å². The lowest BCUT2D eigenvalue weighted by Gasteiger charge is -2.12. The van der Waals surface area contributed by atoms with Gasteiger partial charge in [-0.15, -0.1) is 0 Å². The first-order chi connectivity index (χ1) is 13.5. The SMILES string of the molecule is CCCCCn1c(=O)c2c(nc3n(C[C@H]4CCCO4)c(C)c(C)n23)n(C)c1=O. The van der Waals surface area contributed by atoms with Gasteiger partial charge < -0.3 is 9.30 Å². The van der Waals surface area contributed by atoms with Crippen LogP contribution >= 0.6 is 0 Å². The van der Waals surface area contributed by atoms with E-state index in [0.717, 1.165) is 50.1 Å². The molecule has 1 atom stereocenters. The molecule has 1 saturated heterocycles. The molecule has 8 nitrogen and oxygen atoms in total. The number of hydrogen-bond acceptors (Lipinski definition) is 4. The maximum Gasteiger partial charge on any atom is 0.332 e. The van der Waals surface area contributed by atoms with Crippen LogP contribution in [0.4, 0.5) is 0 Å². The number of hydrogen-bond donors (Lipinski definition) is 0. The second-order valence-electron chi connectivity index (χ2n) is 7.84. The van der Waals surface area contributed by atoms with E-state index in [1.54, 1.807) is 7.05 Å². The molecule has 3 aromatic rings. The Bertz CT molecular complexity index is 1140. The number of aryl methyl sites for hydroxylation is 2. The molecule has 0 unspecified atom stereocenters. The van der Waals surface area contributed by atoms with Gasteiger partial charge in [-0.1, -0.05) is 19.8 Å². The first-order valence-corrected chi connectivity index (χ1v) is 10.2. The van der Waals surface area contributed by atoms with E-state index in [2.05, 4.69) is 11.5 Å². The van der Waals surface area contributed by atoms with E-state index in [0.29, 0.717) is 30.0 Å². The molecule has 3 aromatic heterocycles. The first kappa shape index (κ1) is 19.0. The van der Waals surface area contributed by atoms with E-state index >= 15 is 0 Å². The average molecular weight is 387 g/mol. The zero-order valence-corrected chi connectivity index (χ0v) is 17.2. The monoisotopic (exact) mass is 387 g/mol. The molecule has 1 aliphatic rings. The van der Waals surface area contributed by atoms with Crippen LogP contribution in [0, 0.1) is 13.8 Å². The van der Waals surface area contributed by atoms with Gasteiger partial charge in [0.1, 0.15) is 0 Å². The summed E-state index contributed by atoms with van der Waals surface area (Å²) in [5, 5.41) is 0. The van der Waals surface area contributed by atoms with Crippen LogP contribution in [0.5, 0.6) is 0 Å². The minimum atomic E-state index is -0.297. The Labute approximate surface area is 163 Å². The molecule has 0 aromatic carbocycles. The van der Waals surface area contributed by atoms with Crippen molar-refractivity contribution in [3.8, 4) is 0 Å². The predicted octanol–water partition coefficient (Wildman–Crippen LogP) is 2.14. The summed E-state index contributed by atoms with van der Waals surface area (Å²) in [6.07, 6.45) is 5.13. The fraction of sp³-hybridized carbons (Fsp3) is 0.650. The third kappa shape index (κ3) is 2.82. The maximum atomic E-state index is 13.2. The van der Waals surface area contributed by atoms with Crippen LogP contribution in [-0.2, 0) is 24.9 Å². The highest BCUT2D eigenvalue weighted by molar-refractivity contribution is 5.76. The molecule has 0 saturated carbocycles. The van der Waals surface area contributed by atoms with Crippen LogP contribution in [0.2, 0.25) is 0 Å². The van der Waals surface area contributed by atoms with Crippen molar-refractivity contribution in [2.75, 3.05) is 6.61 Å². The minimum Gasteiger partial charge on any atom is -0.376 e. The summed E-state index contributed by atoms with van der Waals surface area (Å²) in [4.78, 5) is 30.7. The summed E-state index contributed by atoms with van der Waals surface area (Å²) >= 11 is 0. The Morgan fingerprint density at radius 3 is 2.61 bits per heavy atom. The summed E-state index contributed by atoms with van der Waals surface area (Å²) in [6.45, 7) is 8.11. The Hall–Kier alpha value is -2.35. The molecule has 1 aliphatic heterocycles. The molecule has 4 heterocycles. The lowest BCUT2D eigenvalue weighted by molar-refractivity contribution is 0.0974. The summed E-state index contributed by atoms with van der Waals surface area (Å²) in [6, 6.07) is 0. The molecule has 0 radical (unpaired) electrons. The van der Waals surface area contributed by atoms with Gasteiger partial charge in [-0.3, -0.25) is 18.3 Å². The molecule has 1 fully saturated rings. The molecule has 8 heteroatoms. The molecule has 0 spiro atoms. The van der Waals surface area contributed by atoms with Gasteiger partial charge in [0.25, 0.3) is 5.56 Å².